The fraction of sp³-hybridized carbons (Fsp3) is 0.438. The summed E-state index contributed by atoms with van der Waals surface area (Å²) in [6, 6.07) is 3.98. The van der Waals surface area contributed by atoms with Crippen LogP contribution in [0.15, 0.2) is 17.5 Å². The Balaban J connectivity index is 1.77. The van der Waals surface area contributed by atoms with Crippen LogP contribution in [0.5, 0.6) is 0 Å². The number of esters is 1. The van der Waals surface area contributed by atoms with Crippen molar-refractivity contribution in [1.29, 1.82) is 0 Å². The molecule has 1 amide bonds. The quantitative estimate of drug-likeness (QED) is 0.582. The lowest BCUT2D eigenvalue weighted by Crippen LogP contribution is -2.24. The maximum Gasteiger partial charge on any atom is 0.305 e. The number of nitrogens with one attached hydrogen (secondary N) is 1. The number of unbranched alkanes of at least 4 members (excludes halogenated alkanes) is 2. The molecule has 0 aliphatic rings. The summed E-state index contributed by atoms with van der Waals surface area (Å²) < 4.78 is 4.59. The summed E-state index contributed by atoms with van der Waals surface area (Å²) in [7, 11) is 1.39. The molecule has 124 valence electrons. The van der Waals surface area contributed by atoms with Crippen molar-refractivity contribution in [2.24, 2.45) is 0 Å². The topological polar surface area (TPSA) is 68.3 Å². The van der Waals surface area contributed by atoms with E-state index in [1.54, 1.807) is 11.3 Å². The van der Waals surface area contributed by atoms with Crippen LogP contribution < -0.4 is 5.32 Å². The van der Waals surface area contributed by atoms with Gasteiger partial charge in [-0.25, -0.2) is 4.98 Å². The minimum atomic E-state index is -0.185. The Hall–Kier alpha value is -1.73. The molecule has 5 nitrogen and oxygen atoms in total. The van der Waals surface area contributed by atoms with Gasteiger partial charge in [-0.2, -0.15) is 0 Å². The molecule has 0 unspecified atom stereocenters. The molecule has 2 heterocycles. The Kier molecular flexibility index (Phi) is 6.73. The van der Waals surface area contributed by atoms with Gasteiger partial charge in [-0.3, -0.25) is 9.59 Å². The number of hydrogen-bond acceptors (Lipinski definition) is 6. The molecular weight excluding hydrogens is 332 g/mol. The number of ether oxygens (including phenoxy) is 1. The van der Waals surface area contributed by atoms with E-state index in [2.05, 4.69) is 15.0 Å². The molecule has 0 aliphatic heterocycles. The minimum Gasteiger partial charge on any atom is -0.469 e. The Morgan fingerprint density at radius 1 is 1.30 bits per heavy atom. The first-order chi connectivity index (χ1) is 11.1. The van der Waals surface area contributed by atoms with Gasteiger partial charge in [0.05, 0.1) is 17.7 Å². The number of thiophene rings is 1. The molecule has 2 rings (SSSR count). The van der Waals surface area contributed by atoms with Crippen LogP contribution in [0.25, 0.3) is 9.88 Å². The molecular formula is C16H20N2O3S2. The molecule has 0 saturated carbocycles. The number of carbonyl (C=O) groups excluding carboxylic acids is 2. The Morgan fingerprint density at radius 2 is 2.13 bits per heavy atom. The van der Waals surface area contributed by atoms with Crippen molar-refractivity contribution < 1.29 is 14.3 Å². The summed E-state index contributed by atoms with van der Waals surface area (Å²) in [4.78, 5) is 29.4. The molecule has 0 spiro atoms. The van der Waals surface area contributed by atoms with E-state index in [1.165, 1.54) is 18.4 Å². The van der Waals surface area contributed by atoms with Crippen molar-refractivity contribution >= 4 is 34.6 Å². The number of rotatable bonds is 8. The minimum absolute atomic E-state index is 0.0734. The van der Waals surface area contributed by atoms with E-state index in [9.17, 15) is 9.59 Å². The fourth-order valence-electron chi connectivity index (χ4n) is 2.07. The van der Waals surface area contributed by atoms with E-state index in [0.717, 1.165) is 34.8 Å². The summed E-state index contributed by atoms with van der Waals surface area (Å²) in [5, 5.41) is 5.81. The number of thiazole rings is 1. The average molecular weight is 352 g/mol. The van der Waals surface area contributed by atoms with Crippen LogP contribution in [-0.2, 0) is 9.53 Å². The smallest absolute Gasteiger partial charge is 0.305 e. The predicted octanol–water partition coefficient (Wildman–Crippen LogP) is 3.64. The molecule has 0 saturated heterocycles. The third kappa shape index (κ3) is 5.14. The molecule has 0 aromatic carbocycles. The SMILES string of the molecule is COC(=O)CCCCCNC(=O)c1sc(-c2cccs2)nc1C. The molecule has 1 N–H and O–H groups in total. The van der Waals surface area contributed by atoms with Crippen molar-refractivity contribution in [2.45, 2.75) is 32.6 Å². The van der Waals surface area contributed by atoms with Crippen molar-refractivity contribution in [2.75, 3.05) is 13.7 Å². The van der Waals surface area contributed by atoms with Gasteiger partial charge in [-0.1, -0.05) is 12.5 Å². The summed E-state index contributed by atoms with van der Waals surface area (Å²) in [6.45, 7) is 2.46. The lowest BCUT2D eigenvalue weighted by Gasteiger charge is -2.04. The number of amides is 1. The second kappa shape index (κ2) is 8.79. The lowest BCUT2D eigenvalue weighted by atomic mass is 10.2. The van der Waals surface area contributed by atoms with Crippen LogP contribution in [0, 0.1) is 6.92 Å². The van der Waals surface area contributed by atoms with E-state index in [0.29, 0.717) is 17.8 Å². The highest BCUT2D eigenvalue weighted by Crippen LogP contribution is 2.30. The maximum atomic E-state index is 12.2. The van der Waals surface area contributed by atoms with Gasteiger partial charge in [-0.15, -0.1) is 22.7 Å². The number of methoxy groups -OCH3 is 1. The van der Waals surface area contributed by atoms with Crippen LogP contribution in [0.3, 0.4) is 0 Å². The number of aromatic nitrogens is 1. The average Bonchev–Trinajstić information content (AvgIpc) is 3.19. The monoisotopic (exact) mass is 352 g/mol. The summed E-state index contributed by atoms with van der Waals surface area (Å²) in [5.74, 6) is -0.258. The molecule has 0 aliphatic carbocycles. The first-order valence-corrected chi connectivity index (χ1v) is 9.17. The number of aryl methyl sites for hydroxylation is 1. The van der Waals surface area contributed by atoms with Crippen LogP contribution in [0.4, 0.5) is 0 Å². The molecule has 23 heavy (non-hydrogen) atoms. The molecule has 0 fully saturated rings. The van der Waals surface area contributed by atoms with Crippen LogP contribution in [-0.4, -0.2) is 30.5 Å². The van der Waals surface area contributed by atoms with Gasteiger partial charge in [-0.05, 0) is 31.2 Å². The zero-order valence-electron chi connectivity index (χ0n) is 13.3. The van der Waals surface area contributed by atoms with E-state index in [-0.39, 0.29) is 11.9 Å². The molecule has 2 aromatic rings. The highest BCUT2D eigenvalue weighted by Gasteiger charge is 2.16. The largest absolute Gasteiger partial charge is 0.469 e. The molecule has 0 bridgehead atoms. The predicted molar refractivity (Wildman–Crippen MR) is 93.0 cm³/mol. The van der Waals surface area contributed by atoms with Gasteiger partial charge >= 0.3 is 5.97 Å². The molecule has 2 aromatic heterocycles. The van der Waals surface area contributed by atoms with E-state index >= 15 is 0 Å². The first-order valence-electron chi connectivity index (χ1n) is 7.48. The standard InChI is InChI=1S/C16H20N2O3S2/c1-11-14(23-16(18-11)12-7-6-10-22-12)15(20)17-9-5-3-4-8-13(19)21-2/h6-7,10H,3-5,8-9H2,1-2H3,(H,17,20). The van der Waals surface area contributed by atoms with Gasteiger partial charge < -0.3 is 10.1 Å². The molecule has 0 atom stereocenters. The number of hydrogen-bond donors (Lipinski definition) is 1. The highest BCUT2D eigenvalue weighted by atomic mass is 32.1. The maximum absolute atomic E-state index is 12.2. The number of carbonyl (C=O) groups is 2. The van der Waals surface area contributed by atoms with Crippen molar-refractivity contribution in [1.82, 2.24) is 10.3 Å². The summed E-state index contributed by atoms with van der Waals surface area (Å²) >= 11 is 3.05. The summed E-state index contributed by atoms with van der Waals surface area (Å²) in [6.07, 6.45) is 2.95. The van der Waals surface area contributed by atoms with Gasteiger partial charge in [0.1, 0.15) is 9.88 Å². The summed E-state index contributed by atoms with van der Waals surface area (Å²) in [5.41, 5.74) is 0.765. The zero-order valence-corrected chi connectivity index (χ0v) is 14.9. The lowest BCUT2D eigenvalue weighted by molar-refractivity contribution is -0.140. The van der Waals surface area contributed by atoms with E-state index in [4.69, 9.17) is 0 Å². The molecule has 7 heteroatoms. The van der Waals surface area contributed by atoms with Crippen molar-refractivity contribution in [3.05, 3.63) is 28.1 Å². The van der Waals surface area contributed by atoms with E-state index < -0.39 is 0 Å². The van der Waals surface area contributed by atoms with Crippen LogP contribution in [0.2, 0.25) is 0 Å². The van der Waals surface area contributed by atoms with Gasteiger partial charge in [0, 0.05) is 13.0 Å². The van der Waals surface area contributed by atoms with E-state index in [1.807, 2.05) is 24.4 Å². The first kappa shape index (κ1) is 17.6. The van der Waals surface area contributed by atoms with Gasteiger partial charge in [0.15, 0.2) is 0 Å². The van der Waals surface area contributed by atoms with Crippen LogP contribution >= 0.6 is 22.7 Å². The van der Waals surface area contributed by atoms with Gasteiger partial charge in [0.25, 0.3) is 5.91 Å². The van der Waals surface area contributed by atoms with Crippen molar-refractivity contribution in [3.63, 3.8) is 0 Å². The zero-order chi connectivity index (χ0) is 16.7. The Labute approximate surface area is 143 Å². The Morgan fingerprint density at radius 3 is 2.83 bits per heavy atom. The third-order valence-electron chi connectivity index (χ3n) is 3.31. The second-order valence-corrected chi connectivity index (χ2v) is 7.00. The Bertz CT molecular complexity index is 650. The van der Waals surface area contributed by atoms with Crippen molar-refractivity contribution in [3.8, 4) is 9.88 Å². The van der Waals surface area contributed by atoms with Gasteiger partial charge in [0.2, 0.25) is 0 Å². The fourth-order valence-corrected chi connectivity index (χ4v) is 3.85. The normalized spacial score (nSPS) is 10.5. The van der Waals surface area contributed by atoms with Crippen LogP contribution in [0.1, 0.15) is 41.0 Å². The second-order valence-electron chi connectivity index (χ2n) is 5.05. The number of nitrogens with zero attached hydrogens (tertiary/aromatic N) is 1. The third-order valence-corrected chi connectivity index (χ3v) is 5.50. The highest BCUT2D eigenvalue weighted by molar-refractivity contribution is 7.22. The molecule has 0 radical (unpaired) electrons.